The van der Waals surface area contributed by atoms with Crippen molar-refractivity contribution in [3.05, 3.63) is 64.4 Å². The molecule has 0 fully saturated rings. The SMILES string of the molecule is COc1ccccc1C=Cc1nc(-c2ccc(=O)n(C)c2)no1. The second kappa shape index (κ2) is 6.31. The lowest BCUT2D eigenvalue weighted by Crippen LogP contribution is -2.14. The summed E-state index contributed by atoms with van der Waals surface area (Å²) in [4.78, 5) is 15.7. The zero-order valence-corrected chi connectivity index (χ0v) is 12.8. The zero-order chi connectivity index (χ0) is 16.2. The van der Waals surface area contributed by atoms with E-state index in [0.29, 0.717) is 17.3 Å². The maximum atomic E-state index is 11.4. The zero-order valence-electron chi connectivity index (χ0n) is 12.8. The lowest BCUT2D eigenvalue weighted by atomic mass is 10.2. The van der Waals surface area contributed by atoms with Gasteiger partial charge in [-0.3, -0.25) is 4.79 Å². The third-order valence-electron chi connectivity index (χ3n) is 3.33. The summed E-state index contributed by atoms with van der Waals surface area (Å²) in [7, 11) is 3.30. The predicted molar refractivity (Wildman–Crippen MR) is 86.9 cm³/mol. The minimum Gasteiger partial charge on any atom is -0.496 e. The highest BCUT2D eigenvalue weighted by Crippen LogP contribution is 2.20. The molecule has 0 N–H and O–H groups in total. The van der Waals surface area contributed by atoms with Gasteiger partial charge in [-0.2, -0.15) is 4.98 Å². The Bertz CT molecular complexity index is 909. The number of aryl methyl sites for hydroxylation is 1. The van der Waals surface area contributed by atoms with Crippen LogP contribution < -0.4 is 10.3 Å². The summed E-state index contributed by atoms with van der Waals surface area (Å²) < 4.78 is 12.0. The van der Waals surface area contributed by atoms with Crippen molar-refractivity contribution in [1.29, 1.82) is 0 Å². The fourth-order valence-electron chi connectivity index (χ4n) is 2.11. The Morgan fingerprint density at radius 3 is 2.78 bits per heavy atom. The quantitative estimate of drug-likeness (QED) is 0.741. The highest BCUT2D eigenvalue weighted by atomic mass is 16.5. The highest BCUT2D eigenvalue weighted by Gasteiger charge is 2.07. The predicted octanol–water partition coefficient (Wildman–Crippen LogP) is 2.61. The summed E-state index contributed by atoms with van der Waals surface area (Å²) in [6.07, 6.45) is 5.23. The van der Waals surface area contributed by atoms with Crippen molar-refractivity contribution in [2.24, 2.45) is 7.05 Å². The summed E-state index contributed by atoms with van der Waals surface area (Å²) in [5.41, 5.74) is 1.54. The van der Waals surface area contributed by atoms with E-state index in [1.807, 2.05) is 30.3 Å². The summed E-state index contributed by atoms with van der Waals surface area (Å²) >= 11 is 0. The lowest BCUT2D eigenvalue weighted by Gasteiger charge is -2.02. The fourth-order valence-corrected chi connectivity index (χ4v) is 2.11. The average molecular weight is 309 g/mol. The van der Waals surface area contributed by atoms with Gasteiger partial charge in [-0.05, 0) is 18.2 Å². The molecule has 0 aliphatic carbocycles. The highest BCUT2D eigenvalue weighted by molar-refractivity contribution is 5.70. The number of methoxy groups -OCH3 is 1. The van der Waals surface area contributed by atoms with Gasteiger partial charge in [0.1, 0.15) is 5.75 Å². The number of ether oxygens (including phenoxy) is 1. The summed E-state index contributed by atoms with van der Waals surface area (Å²) in [5.74, 6) is 1.57. The molecule has 0 atom stereocenters. The van der Waals surface area contributed by atoms with Gasteiger partial charge in [-0.1, -0.05) is 23.4 Å². The molecule has 2 heterocycles. The molecule has 0 aliphatic heterocycles. The normalized spacial score (nSPS) is 11.0. The van der Waals surface area contributed by atoms with Gasteiger partial charge in [0, 0.05) is 36.5 Å². The van der Waals surface area contributed by atoms with Gasteiger partial charge >= 0.3 is 0 Å². The summed E-state index contributed by atoms with van der Waals surface area (Å²) in [6, 6.07) is 10.8. The number of benzene rings is 1. The van der Waals surface area contributed by atoms with Gasteiger partial charge < -0.3 is 13.8 Å². The standard InChI is InChI=1S/C17H15N3O3/c1-20-11-13(8-10-16(20)21)17-18-15(23-19-17)9-7-12-5-3-4-6-14(12)22-2/h3-11H,1-2H3. The number of nitrogens with zero attached hydrogens (tertiary/aromatic N) is 3. The van der Waals surface area contributed by atoms with Crippen molar-refractivity contribution in [1.82, 2.24) is 14.7 Å². The van der Waals surface area contributed by atoms with E-state index in [-0.39, 0.29) is 5.56 Å². The van der Waals surface area contributed by atoms with Crippen molar-refractivity contribution < 1.29 is 9.26 Å². The maximum absolute atomic E-state index is 11.4. The Labute approximate surface area is 132 Å². The number of para-hydroxylation sites is 1. The molecule has 116 valence electrons. The van der Waals surface area contributed by atoms with Crippen LogP contribution in [0.5, 0.6) is 5.75 Å². The van der Waals surface area contributed by atoms with E-state index in [1.165, 1.54) is 10.6 Å². The van der Waals surface area contributed by atoms with Crippen molar-refractivity contribution in [2.45, 2.75) is 0 Å². The van der Waals surface area contributed by atoms with Crippen molar-refractivity contribution in [2.75, 3.05) is 7.11 Å². The lowest BCUT2D eigenvalue weighted by molar-refractivity contribution is 0.411. The van der Waals surface area contributed by atoms with Gasteiger partial charge in [0.25, 0.3) is 5.89 Å². The first-order chi connectivity index (χ1) is 11.2. The third kappa shape index (κ3) is 3.21. The van der Waals surface area contributed by atoms with Crippen LogP contribution in [-0.4, -0.2) is 21.8 Å². The number of hydrogen-bond donors (Lipinski definition) is 0. The topological polar surface area (TPSA) is 70.2 Å². The van der Waals surface area contributed by atoms with E-state index in [0.717, 1.165) is 11.3 Å². The molecule has 1 aromatic carbocycles. The van der Waals surface area contributed by atoms with E-state index >= 15 is 0 Å². The van der Waals surface area contributed by atoms with E-state index < -0.39 is 0 Å². The van der Waals surface area contributed by atoms with Gasteiger partial charge in [0.05, 0.1) is 7.11 Å². The first kappa shape index (κ1) is 14.8. The van der Waals surface area contributed by atoms with Crippen LogP contribution in [0.25, 0.3) is 23.5 Å². The Balaban J connectivity index is 1.86. The van der Waals surface area contributed by atoms with Crippen LogP contribution >= 0.6 is 0 Å². The molecule has 3 aromatic rings. The van der Waals surface area contributed by atoms with Crippen LogP contribution in [0.3, 0.4) is 0 Å². The Morgan fingerprint density at radius 1 is 1.17 bits per heavy atom. The Kier molecular flexibility index (Phi) is 4.05. The molecule has 2 aromatic heterocycles. The second-order valence-electron chi connectivity index (χ2n) is 4.90. The monoisotopic (exact) mass is 309 g/mol. The van der Waals surface area contributed by atoms with Gasteiger partial charge in [0.2, 0.25) is 11.4 Å². The van der Waals surface area contributed by atoms with Crippen LogP contribution in [0.1, 0.15) is 11.5 Å². The fraction of sp³-hybridized carbons (Fsp3) is 0.118. The summed E-state index contributed by atoms with van der Waals surface area (Å²) in [6.45, 7) is 0. The Morgan fingerprint density at radius 2 is 2.00 bits per heavy atom. The molecule has 0 unspecified atom stereocenters. The van der Waals surface area contributed by atoms with E-state index in [2.05, 4.69) is 10.1 Å². The molecule has 0 amide bonds. The molecule has 0 saturated heterocycles. The second-order valence-corrected chi connectivity index (χ2v) is 4.90. The van der Waals surface area contributed by atoms with Gasteiger partial charge in [-0.15, -0.1) is 0 Å². The Hall–Kier alpha value is -3.15. The molecule has 0 spiro atoms. The third-order valence-corrected chi connectivity index (χ3v) is 3.33. The van der Waals surface area contributed by atoms with Crippen molar-refractivity contribution >= 4 is 12.2 Å². The molecule has 3 rings (SSSR count). The molecular weight excluding hydrogens is 294 g/mol. The van der Waals surface area contributed by atoms with Crippen molar-refractivity contribution in [3.8, 4) is 17.1 Å². The largest absolute Gasteiger partial charge is 0.496 e. The van der Waals surface area contributed by atoms with Crippen LogP contribution in [0.15, 0.2) is 51.9 Å². The minimum absolute atomic E-state index is 0.0893. The van der Waals surface area contributed by atoms with Crippen LogP contribution in [0.2, 0.25) is 0 Å². The van der Waals surface area contributed by atoms with E-state index in [9.17, 15) is 4.79 Å². The number of pyridine rings is 1. The summed E-state index contributed by atoms with van der Waals surface area (Å²) in [5, 5.41) is 3.93. The van der Waals surface area contributed by atoms with Crippen LogP contribution in [-0.2, 0) is 7.05 Å². The maximum Gasteiger partial charge on any atom is 0.250 e. The first-order valence-corrected chi connectivity index (χ1v) is 6.99. The number of hydrogen-bond acceptors (Lipinski definition) is 5. The average Bonchev–Trinajstić information content (AvgIpc) is 3.04. The molecule has 0 aliphatic rings. The number of rotatable bonds is 4. The van der Waals surface area contributed by atoms with Gasteiger partial charge in [-0.25, -0.2) is 0 Å². The minimum atomic E-state index is -0.0893. The molecule has 0 radical (unpaired) electrons. The van der Waals surface area contributed by atoms with Gasteiger partial charge in [0.15, 0.2) is 0 Å². The molecule has 23 heavy (non-hydrogen) atoms. The van der Waals surface area contributed by atoms with E-state index in [4.69, 9.17) is 9.26 Å². The van der Waals surface area contributed by atoms with Crippen molar-refractivity contribution in [3.63, 3.8) is 0 Å². The molecule has 6 heteroatoms. The molecule has 0 bridgehead atoms. The van der Waals surface area contributed by atoms with E-state index in [1.54, 1.807) is 32.5 Å². The smallest absolute Gasteiger partial charge is 0.250 e. The number of aromatic nitrogens is 3. The van der Waals surface area contributed by atoms with Crippen LogP contribution in [0, 0.1) is 0 Å². The first-order valence-electron chi connectivity index (χ1n) is 6.99. The van der Waals surface area contributed by atoms with Crippen LogP contribution in [0.4, 0.5) is 0 Å². The molecule has 0 saturated carbocycles. The molecule has 6 nitrogen and oxygen atoms in total. The molecular formula is C17H15N3O3.